The van der Waals surface area contributed by atoms with Crippen LogP contribution in [-0.4, -0.2) is 6.36 Å². The molecule has 0 bridgehead atoms. The highest BCUT2D eigenvalue weighted by Gasteiger charge is 2.30. The van der Waals surface area contributed by atoms with Gasteiger partial charge in [0.25, 0.3) is 0 Å². The van der Waals surface area contributed by atoms with Gasteiger partial charge in [0.1, 0.15) is 17.2 Å². The van der Waals surface area contributed by atoms with Gasteiger partial charge in [-0.1, -0.05) is 25.1 Å². The molecule has 0 saturated heterocycles. The standard InChI is InChI=1S/C15H12F3O2/c1-2-11-5-3-4-6-14(11)19-12-7-9-13(10-8-12)20-15(16,17)18/h2-10H,1H3. The molecule has 0 amide bonds. The topological polar surface area (TPSA) is 18.5 Å². The third kappa shape index (κ3) is 3.91. The monoisotopic (exact) mass is 281 g/mol. The SMILES string of the molecule is C[CH]c1ccccc1Oc1ccc(OC(F)(F)F)cc1. The molecule has 20 heavy (non-hydrogen) atoms. The smallest absolute Gasteiger partial charge is 0.457 e. The molecular weight excluding hydrogens is 269 g/mol. The van der Waals surface area contributed by atoms with Crippen molar-refractivity contribution in [3.63, 3.8) is 0 Å². The van der Waals surface area contributed by atoms with E-state index < -0.39 is 6.36 Å². The van der Waals surface area contributed by atoms with Crippen LogP contribution in [0.1, 0.15) is 12.5 Å². The zero-order valence-electron chi connectivity index (χ0n) is 10.6. The summed E-state index contributed by atoms with van der Waals surface area (Å²) < 4.78 is 45.5. The van der Waals surface area contributed by atoms with E-state index in [1.54, 1.807) is 6.07 Å². The Morgan fingerprint density at radius 1 is 0.900 bits per heavy atom. The van der Waals surface area contributed by atoms with Gasteiger partial charge in [-0.15, -0.1) is 13.2 Å². The van der Waals surface area contributed by atoms with Crippen molar-refractivity contribution in [2.75, 3.05) is 0 Å². The van der Waals surface area contributed by atoms with Crippen molar-refractivity contribution in [3.05, 3.63) is 60.5 Å². The van der Waals surface area contributed by atoms with Crippen molar-refractivity contribution in [3.8, 4) is 17.2 Å². The molecule has 5 heteroatoms. The Labute approximate surface area is 114 Å². The van der Waals surface area contributed by atoms with Gasteiger partial charge in [0.2, 0.25) is 0 Å². The van der Waals surface area contributed by atoms with Crippen molar-refractivity contribution in [1.82, 2.24) is 0 Å². The van der Waals surface area contributed by atoms with E-state index in [0.717, 1.165) is 5.56 Å². The fourth-order valence-electron chi connectivity index (χ4n) is 1.65. The Morgan fingerprint density at radius 3 is 2.10 bits per heavy atom. The molecule has 0 aliphatic rings. The number of hydrogen-bond donors (Lipinski definition) is 0. The van der Waals surface area contributed by atoms with Crippen LogP contribution in [0.25, 0.3) is 0 Å². The first-order valence-corrected chi connectivity index (χ1v) is 5.90. The van der Waals surface area contributed by atoms with Gasteiger partial charge < -0.3 is 9.47 Å². The maximum atomic E-state index is 12.0. The Bertz CT molecular complexity index is 562. The zero-order valence-corrected chi connectivity index (χ0v) is 10.6. The lowest BCUT2D eigenvalue weighted by molar-refractivity contribution is -0.274. The zero-order chi connectivity index (χ0) is 14.6. The first-order valence-electron chi connectivity index (χ1n) is 5.90. The molecule has 2 aromatic rings. The summed E-state index contributed by atoms with van der Waals surface area (Å²) in [6.45, 7) is 1.88. The summed E-state index contributed by atoms with van der Waals surface area (Å²) in [5, 5.41) is 0. The molecule has 0 heterocycles. The van der Waals surface area contributed by atoms with Gasteiger partial charge in [-0.05, 0) is 42.3 Å². The molecule has 0 saturated carbocycles. The summed E-state index contributed by atoms with van der Waals surface area (Å²) in [5.41, 5.74) is 0.906. The lowest BCUT2D eigenvalue weighted by atomic mass is 10.1. The highest BCUT2D eigenvalue weighted by Crippen LogP contribution is 2.29. The maximum Gasteiger partial charge on any atom is 0.573 e. The van der Waals surface area contributed by atoms with Crippen molar-refractivity contribution < 1.29 is 22.6 Å². The number of para-hydroxylation sites is 1. The summed E-state index contributed by atoms with van der Waals surface area (Å²) in [4.78, 5) is 0. The molecule has 0 atom stereocenters. The van der Waals surface area contributed by atoms with Crippen molar-refractivity contribution in [1.29, 1.82) is 0 Å². The Morgan fingerprint density at radius 2 is 1.50 bits per heavy atom. The molecule has 0 aromatic heterocycles. The molecule has 0 spiro atoms. The molecule has 105 valence electrons. The Hall–Kier alpha value is -2.17. The second-order valence-corrected chi connectivity index (χ2v) is 3.95. The summed E-state index contributed by atoms with van der Waals surface area (Å²) in [5.74, 6) is 0.800. The number of halogens is 3. The predicted octanol–water partition coefficient (Wildman–Crippen LogP) is 4.95. The third-order valence-electron chi connectivity index (χ3n) is 2.52. The Kier molecular flexibility index (Phi) is 4.17. The molecule has 0 aliphatic heterocycles. The van der Waals surface area contributed by atoms with Gasteiger partial charge in [-0.3, -0.25) is 0 Å². The van der Waals surface area contributed by atoms with E-state index in [2.05, 4.69) is 4.74 Å². The van der Waals surface area contributed by atoms with Gasteiger partial charge in [0.15, 0.2) is 0 Å². The summed E-state index contributed by atoms with van der Waals surface area (Å²) in [6, 6.07) is 12.6. The molecular formula is C15H12F3O2. The van der Waals surface area contributed by atoms with Crippen LogP contribution < -0.4 is 9.47 Å². The van der Waals surface area contributed by atoms with Gasteiger partial charge in [0, 0.05) is 0 Å². The van der Waals surface area contributed by atoms with Crippen LogP contribution in [0.2, 0.25) is 0 Å². The molecule has 0 aliphatic carbocycles. The van der Waals surface area contributed by atoms with Crippen LogP contribution in [0.5, 0.6) is 17.2 Å². The van der Waals surface area contributed by atoms with E-state index in [0.29, 0.717) is 11.5 Å². The minimum absolute atomic E-state index is 0.278. The van der Waals surface area contributed by atoms with Gasteiger partial charge in [-0.2, -0.15) is 0 Å². The number of rotatable bonds is 4. The Balaban J connectivity index is 2.11. The maximum absolute atomic E-state index is 12.0. The first-order chi connectivity index (χ1) is 9.48. The average Bonchev–Trinajstić information content (AvgIpc) is 2.40. The summed E-state index contributed by atoms with van der Waals surface area (Å²) in [6.07, 6.45) is -2.80. The van der Waals surface area contributed by atoms with Crippen LogP contribution in [0, 0.1) is 6.42 Å². The second kappa shape index (κ2) is 5.86. The second-order valence-electron chi connectivity index (χ2n) is 3.95. The van der Waals surface area contributed by atoms with Gasteiger partial charge in [0.05, 0.1) is 0 Å². The minimum Gasteiger partial charge on any atom is -0.457 e. The van der Waals surface area contributed by atoms with Crippen molar-refractivity contribution in [2.24, 2.45) is 0 Å². The van der Waals surface area contributed by atoms with Crippen molar-refractivity contribution in [2.45, 2.75) is 13.3 Å². The average molecular weight is 281 g/mol. The number of alkyl halides is 3. The minimum atomic E-state index is -4.69. The van der Waals surface area contributed by atoms with E-state index in [4.69, 9.17) is 4.74 Å². The first kappa shape index (κ1) is 14.2. The van der Waals surface area contributed by atoms with Crippen LogP contribution in [0.15, 0.2) is 48.5 Å². The van der Waals surface area contributed by atoms with Crippen LogP contribution in [0.3, 0.4) is 0 Å². The normalized spacial score (nSPS) is 11.2. The third-order valence-corrected chi connectivity index (χ3v) is 2.52. The van der Waals surface area contributed by atoms with E-state index in [-0.39, 0.29) is 5.75 Å². The molecule has 2 nitrogen and oxygen atoms in total. The summed E-state index contributed by atoms with van der Waals surface area (Å²) >= 11 is 0. The molecule has 0 fully saturated rings. The lowest BCUT2D eigenvalue weighted by Crippen LogP contribution is -2.16. The van der Waals surface area contributed by atoms with Gasteiger partial charge >= 0.3 is 6.36 Å². The van der Waals surface area contributed by atoms with E-state index in [1.165, 1.54) is 24.3 Å². The molecule has 0 N–H and O–H groups in total. The summed E-state index contributed by atoms with van der Waals surface area (Å²) in [7, 11) is 0. The molecule has 1 radical (unpaired) electrons. The number of benzene rings is 2. The molecule has 2 aromatic carbocycles. The number of hydrogen-bond acceptors (Lipinski definition) is 2. The van der Waals surface area contributed by atoms with E-state index in [1.807, 2.05) is 31.5 Å². The quantitative estimate of drug-likeness (QED) is 0.789. The van der Waals surface area contributed by atoms with Crippen molar-refractivity contribution >= 4 is 0 Å². The lowest BCUT2D eigenvalue weighted by Gasteiger charge is -2.11. The fraction of sp³-hybridized carbons (Fsp3) is 0.133. The van der Waals surface area contributed by atoms with Gasteiger partial charge in [-0.25, -0.2) is 0 Å². The van der Waals surface area contributed by atoms with Crippen LogP contribution in [-0.2, 0) is 0 Å². The predicted molar refractivity (Wildman–Crippen MR) is 68.7 cm³/mol. The fourth-order valence-corrected chi connectivity index (χ4v) is 1.65. The number of ether oxygens (including phenoxy) is 2. The largest absolute Gasteiger partial charge is 0.573 e. The van der Waals surface area contributed by atoms with Crippen LogP contribution >= 0.6 is 0 Å². The highest BCUT2D eigenvalue weighted by molar-refractivity contribution is 5.42. The van der Waals surface area contributed by atoms with E-state index in [9.17, 15) is 13.2 Å². The molecule has 0 unspecified atom stereocenters. The highest BCUT2D eigenvalue weighted by atomic mass is 19.4. The van der Waals surface area contributed by atoms with E-state index >= 15 is 0 Å². The van der Waals surface area contributed by atoms with Crippen LogP contribution in [0.4, 0.5) is 13.2 Å². The molecule has 2 rings (SSSR count).